The minimum absolute atomic E-state index is 0.412. The first-order valence-corrected chi connectivity index (χ1v) is 7.52. The van der Waals surface area contributed by atoms with Crippen LogP contribution in [-0.4, -0.2) is 21.5 Å². The van der Waals surface area contributed by atoms with Crippen molar-refractivity contribution in [2.45, 2.75) is 40.0 Å². The molecule has 0 bridgehead atoms. The molecule has 1 N–H and O–H groups in total. The summed E-state index contributed by atoms with van der Waals surface area (Å²) in [6.07, 6.45) is 2.90. The van der Waals surface area contributed by atoms with Crippen LogP contribution in [0, 0.1) is 6.92 Å². The van der Waals surface area contributed by atoms with E-state index in [1.807, 2.05) is 11.7 Å². The molecule has 102 valence electrons. The second-order valence-electron chi connectivity index (χ2n) is 4.84. The van der Waals surface area contributed by atoms with Crippen LogP contribution in [0.1, 0.15) is 44.4 Å². The predicted molar refractivity (Wildman–Crippen MR) is 80.7 cm³/mol. The van der Waals surface area contributed by atoms with Crippen molar-refractivity contribution in [3.05, 3.63) is 23.0 Å². The largest absolute Gasteiger partial charge is 0.370 e. The Labute approximate surface area is 118 Å². The van der Waals surface area contributed by atoms with Gasteiger partial charge >= 0.3 is 0 Å². The Morgan fingerprint density at radius 1 is 1.32 bits per heavy atom. The van der Waals surface area contributed by atoms with Gasteiger partial charge in [0.1, 0.15) is 5.82 Å². The zero-order chi connectivity index (χ0) is 13.8. The van der Waals surface area contributed by atoms with Gasteiger partial charge in [-0.05, 0) is 19.3 Å². The third-order valence-electron chi connectivity index (χ3n) is 2.91. The Hall–Kier alpha value is -1.49. The highest BCUT2D eigenvalue weighted by atomic mass is 32.1. The van der Waals surface area contributed by atoms with E-state index in [9.17, 15) is 0 Å². The maximum atomic E-state index is 4.68. The lowest BCUT2D eigenvalue weighted by atomic mass is 10.0. The van der Waals surface area contributed by atoms with Crippen LogP contribution >= 0.6 is 11.3 Å². The molecule has 2 aromatic heterocycles. The third kappa shape index (κ3) is 3.10. The van der Waals surface area contributed by atoms with E-state index in [0.717, 1.165) is 35.2 Å². The lowest BCUT2D eigenvalue weighted by molar-refractivity contribution is 0.827. The van der Waals surface area contributed by atoms with Gasteiger partial charge in [-0.1, -0.05) is 20.8 Å². The van der Waals surface area contributed by atoms with Crippen molar-refractivity contribution in [1.82, 2.24) is 15.0 Å². The highest BCUT2D eigenvalue weighted by Gasteiger charge is 2.15. The molecule has 0 fully saturated rings. The summed E-state index contributed by atoms with van der Waals surface area (Å²) >= 11 is 1.57. The van der Waals surface area contributed by atoms with Crippen molar-refractivity contribution >= 4 is 17.2 Å². The molecule has 4 nitrogen and oxygen atoms in total. The SMILES string of the molecule is CCCNc1nc(-c2cncs2)nc(C)c1C(C)C. The molecule has 0 atom stereocenters. The van der Waals surface area contributed by atoms with Crippen molar-refractivity contribution in [3.63, 3.8) is 0 Å². The van der Waals surface area contributed by atoms with Crippen LogP contribution in [-0.2, 0) is 0 Å². The van der Waals surface area contributed by atoms with E-state index in [2.05, 4.69) is 48.0 Å². The van der Waals surface area contributed by atoms with Gasteiger partial charge in [0.25, 0.3) is 0 Å². The van der Waals surface area contributed by atoms with Gasteiger partial charge < -0.3 is 5.32 Å². The summed E-state index contributed by atoms with van der Waals surface area (Å²) in [7, 11) is 0. The van der Waals surface area contributed by atoms with E-state index in [-0.39, 0.29) is 0 Å². The maximum Gasteiger partial charge on any atom is 0.173 e. The molecule has 2 rings (SSSR count). The number of rotatable bonds is 5. The van der Waals surface area contributed by atoms with E-state index in [4.69, 9.17) is 0 Å². The van der Waals surface area contributed by atoms with Crippen molar-refractivity contribution in [2.75, 3.05) is 11.9 Å². The summed E-state index contributed by atoms with van der Waals surface area (Å²) in [4.78, 5) is 14.4. The molecule has 0 spiro atoms. The summed E-state index contributed by atoms with van der Waals surface area (Å²) in [5.41, 5.74) is 4.07. The number of hydrogen-bond acceptors (Lipinski definition) is 5. The smallest absolute Gasteiger partial charge is 0.173 e. The average Bonchev–Trinajstić information content (AvgIpc) is 2.88. The zero-order valence-electron chi connectivity index (χ0n) is 11.9. The maximum absolute atomic E-state index is 4.68. The van der Waals surface area contributed by atoms with Gasteiger partial charge in [0.15, 0.2) is 5.82 Å². The summed E-state index contributed by atoms with van der Waals surface area (Å²) in [5.74, 6) is 2.14. The molecule has 0 saturated carbocycles. The normalized spacial score (nSPS) is 11.0. The molecule has 0 aliphatic carbocycles. The standard InChI is InChI=1S/C14H20N4S/c1-5-6-16-14-12(9(2)3)10(4)17-13(18-14)11-7-15-8-19-11/h7-9H,5-6H2,1-4H3,(H,16,17,18). The number of anilines is 1. The molecule has 0 aliphatic rings. The quantitative estimate of drug-likeness (QED) is 0.901. The zero-order valence-corrected chi connectivity index (χ0v) is 12.7. The van der Waals surface area contributed by atoms with Crippen LogP contribution in [0.25, 0.3) is 10.7 Å². The molecule has 0 saturated heterocycles. The molecule has 0 aliphatic heterocycles. The third-order valence-corrected chi connectivity index (χ3v) is 3.68. The fraction of sp³-hybridized carbons (Fsp3) is 0.500. The molecule has 0 radical (unpaired) electrons. The van der Waals surface area contributed by atoms with Crippen LogP contribution in [0.2, 0.25) is 0 Å². The van der Waals surface area contributed by atoms with Gasteiger partial charge in [0.2, 0.25) is 0 Å². The second-order valence-corrected chi connectivity index (χ2v) is 5.73. The van der Waals surface area contributed by atoms with Crippen molar-refractivity contribution in [1.29, 1.82) is 0 Å². The van der Waals surface area contributed by atoms with Gasteiger partial charge in [-0.2, -0.15) is 0 Å². The first-order chi connectivity index (χ1) is 9.13. The number of nitrogens with zero attached hydrogens (tertiary/aromatic N) is 3. The monoisotopic (exact) mass is 276 g/mol. The van der Waals surface area contributed by atoms with Gasteiger partial charge in [0.05, 0.1) is 10.4 Å². The van der Waals surface area contributed by atoms with Crippen LogP contribution in [0.3, 0.4) is 0 Å². The molecule has 19 heavy (non-hydrogen) atoms. The number of aryl methyl sites for hydroxylation is 1. The van der Waals surface area contributed by atoms with E-state index in [1.165, 1.54) is 5.56 Å². The Morgan fingerprint density at radius 2 is 2.11 bits per heavy atom. The van der Waals surface area contributed by atoms with Crippen LogP contribution in [0.15, 0.2) is 11.7 Å². The van der Waals surface area contributed by atoms with E-state index >= 15 is 0 Å². The lowest BCUT2D eigenvalue weighted by Crippen LogP contribution is -2.10. The molecule has 2 heterocycles. The van der Waals surface area contributed by atoms with Gasteiger partial charge in [-0.25, -0.2) is 9.97 Å². The highest BCUT2D eigenvalue weighted by Crippen LogP contribution is 2.29. The molecule has 2 aromatic rings. The Bertz CT molecular complexity index is 535. The highest BCUT2D eigenvalue weighted by molar-refractivity contribution is 7.13. The van der Waals surface area contributed by atoms with Gasteiger partial charge in [-0.15, -0.1) is 11.3 Å². The van der Waals surface area contributed by atoms with E-state index in [1.54, 1.807) is 11.3 Å². The molecule has 5 heteroatoms. The van der Waals surface area contributed by atoms with Crippen LogP contribution in [0.4, 0.5) is 5.82 Å². The number of thiazole rings is 1. The van der Waals surface area contributed by atoms with Crippen molar-refractivity contribution in [2.24, 2.45) is 0 Å². The predicted octanol–water partition coefficient (Wildman–Crippen LogP) is 3.85. The van der Waals surface area contributed by atoms with E-state index < -0.39 is 0 Å². The van der Waals surface area contributed by atoms with Gasteiger partial charge in [-0.3, -0.25) is 4.98 Å². The van der Waals surface area contributed by atoms with Crippen LogP contribution in [0.5, 0.6) is 0 Å². The molecule has 0 unspecified atom stereocenters. The lowest BCUT2D eigenvalue weighted by Gasteiger charge is -2.16. The summed E-state index contributed by atoms with van der Waals surface area (Å²) < 4.78 is 0. The molecule has 0 amide bonds. The average molecular weight is 276 g/mol. The summed E-state index contributed by atoms with van der Waals surface area (Å²) in [6.45, 7) is 9.49. The van der Waals surface area contributed by atoms with Crippen molar-refractivity contribution < 1.29 is 0 Å². The van der Waals surface area contributed by atoms with E-state index in [0.29, 0.717) is 5.92 Å². The summed E-state index contributed by atoms with van der Waals surface area (Å²) in [5, 5.41) is 3.42. The fourth-order valence-corrected chi connectivity index (χ4v) is 2.64. The Morgan fingerprint density at radius 3 is 2.68 bits per heavy atom. The second kappa shape index (κ2) is 6.10. The number of nitrogens with one attached hydrogen (secondary N) is 1. The topological polar surface area (TPSA) is 50.7 Å². The molecular formula is C14H20N4S. The fourth-order valence-electron chi connectivity index (χ4n) is 2.09. The van der Waals surface area contributed by atoms with Gasteiger partial charge in [0, 0.05) is 24.0 Å². The number of hydrogen-bond donors (Lipinski definition) is 1. The first kappa shape index (κ1) is 13.9. The van der Waals surface area contributed by atoms with Crippen molar-refractivity contribution in [3.8, 4) is 10.7 Å². The molecular weight excluding hydrogens is 256 g/mol. The number of aromatic nitrogens is 3. The Kier molecular flexibility index (Phi) is 4.47. The minimum Gasteiger partial charge on any atom is -0.370 e. The van der Waals surface area contributed by atoms with Crippen LogP contribution < -0.4 is 5.32 Å². The molecule has 0 aromatic carbocycles. The minimum atomic E-state index is 0.412. The summed E-state index contributed by atoms with van der Waals surface area (Å²) in [6, 6.07) is 0. The Balaban J connectivity index is 2.47. The first-order valence-electron chi connectivity index (χ1n) is 6.64.